The molecule has 176 valence electrons. The van der Waals surface area contributed by atoms with E-state index in [2.05, 4.69) is 28.3 Å². The smallest absolute Gasteiger partial charge is 0.354 e. The maximum atomic E-state index is 13.1. The average Bonchev–Trinajstić information content (AvgIpc) is 2.84. The van der Waals surface area contributed by atoms with Gasteiger partial charge in [-0.05, 0) is 61.9 Å². The van der Waals surface area contributed by atoms with E-state index in [1.807, 2.05) is 0 Å². The molecule has 0 spiro atoms. The van der Waals surface area contributed by atoms with Crippen molar-refractivity contribution in [2.45, 2.75) is 52.6 Å². The number of rotatable bonds is 7. The van der Waals surface area contributed by atoms with Crippen molar-refractivity contribution in [1.29, 1.82) is 5.26 Å². The van der Waals surface area contributed by atoms with Crippen LogP contribution in [-0.2, 0) is 13.1 Å². The van der Waals surface area contributed by atoms with Gasteiger partial charge < -0.3 is 10.1 Å². The van der Waals surface area contributed by atoms with Crippen LogP contribution in [0, 0.1) is 23.2 Å². The molecule has 1 aliphatic rings. The Morgan fingerprint density at radius 3 is 2.53 bits per heavy atom. The molecule has 4 rings (SSSR count). The number of nitrogens with one attached hydrogen (secondary N) is 1. The second-order valence-electron chi connectivity index (χ2n) is 8.73. The molecule has 1 fully saturated rings. The van der Waals surface area contributed by atoms with E-state index < -0.39 is 5.69 Å². The zero-order chi connectivity index (χ0) is 24.1. The Labute approximate surface area is 197 Å². The summed E-state index contributed by atoms with van der Waals surface area (Å²) in [7, 11) is 0. The zero-order valence-corrected chi connectivity index (χ0v) is 19.4. The lowest BCUT2D eigenvalue weighted by molar-refractivity contribution is 0.260. The number of ether oxygens (including phenoxy) is 1. The van der Waals surface area contributed by atoms with E-state index in [4.69, 9.17) is 10.00 Å². The number of benzene rings is 1. The predicted molar refractivity (Wildman–Crippen MR) is 128 cm³/mol. The van der Waals surface area contributed by atoms with Crippen molar-refractivity contribution < 1.29 is 4.74 Å². The van der Waals surface area contributed by atoms with Gasteiger partial charge in [-0.3, -0.25) is 4.57 Å². The van der Waals surface area contributed by atoms with Crippen LogP contribution in [0.5, 0.6) is 11.6 Å². The second-order valence-corrected chi connectivity index (χ2v) is 8.73. The standard InChI is InChI=1S/C25H28N6O3/c1-3-30-24(32)29-23(31(25(30)33)16-18-6-4-17(2)5-7-18)28-20-8-10-21(11-9-20)34-22-14-19(15-26)12-13-27-22/h8-14,17-18H,3-7,16H2,1-2H3,(H,28,29,32). The molecule has 1 saturated carbocycles. The Kier molecular flexibility index (Phi) is 7.07. The summed E-state index contributed by atoms with van der Waals surface area (Å²) in [4.78, 5) is 33.8. The van der Waals surface area contributed by atoms with Crippen molar-refractivity contribution in [2.24, 2.45) is 11.8 Å². The molecular formula is C25H28N6O3. The van der Waals surface area contributed by atoms with Crippen LogP contribution in [0.15, 0.2) is 52.2 Å². The summed E-state index contributed by atoms with van der Waals surface area (Å²) in [5.41, 5.74) is 0.221. The van der Waals surface area contributed by atoms with Gasteiger partial charge in [-0.25, -0.2) is 19.1 Å². The summed E-state index contributed by atoms with van der Waals surface area (Å²) in [6, 6.07) is 12.2. The summed E-state index contributed by atoms with van der Waals surface area (Å²) in [6.07, 6.45) is 5.93. The van der Waals surface area contributed by atoms with E-state index in [9.17, 15) is 9.59 Å². The Bertz CT molecular complexity index is 1300. The van der Waals surface area contributed by atoms with Crippen LogP contribution in [0.3, 0.4) is 0 Å². The fourth-order valence-corrected chi connectivity index (χ4v) is 4.22. The highest BCUT2D eigenvalue weighted by Crippen LogP contribution is 2.30. The molecule has 0 unspecified atom stereocenters. The molecule has 0 radical (unpaired) electrons. The largest absolute Gasteiger partial charge is 0.439 e. The minimum atomic E-state index is -0.563. The molecule has 2 aromatic heterocycles. The van der Waals surface area contributed by atoms with Crippen LogP contribution in [0.25, 0.3) is 0 Å². The number of pyridine rings is 1. The first-order chi connectivity index (χ1) is 16.5. The fraction of sp³-hybridized carbons (Fsp3) is 0.400. The van der Waals surface area contributed by atoms with Crippen molar-refractivity contribution in [3.8, 4) is 17.7 Å². The Morgan fingerprint density at radius 1 is 1.12 bits per heavy atom. The molecule has 9 heteroatoms. The number of hydrogen-bond donors (Lipinski definition) is 1. The highest BCUT2D eigenvalue weighted by atomic mass is 16.5. The lowest BCUT2D eigenvalue weighted by Crippen LogP contribution is -2.43. The van der Waals surface area contributed by atoms with Crippen LogP contribution in [0.2, 0.25) is 0 Å². The van der Waals surface area contributed by atoms with E-state index in [0.717, 1.165) is 30.3 Å². The van der Waals surface area contributed by atoms with Gasteiger partial charge in [0.1, 0.15) is 5.75 Å². The molecule has 3 aromatic rings. The molecular weight excluding hydrogens is 432 g/mol. The summed E-state index contributed by atoms with van der Waals surface area (Å²) in [5.74, 6) is 2.20. The van der Waals surface area contributed by atoms with E-state index in [-0.39, 0.29) is 18.2 Å². The predicted octanol–water partition coefficient (Wildman–Crippen LogP) is 4.05. The van der Waals surface area contributed by atoms with E-state index in [0.29, 0.717) is 41.3 Å². The zero-order valence-electron chi connectivity index (χ0n) is 19.4. The lowest BCUT2D eigenvalue weighted by atomic mass is 9.83. The molecule has 0 atom stereocenters. The van der Waals surface area contributed by atoms with Crippen molar-refractivity contribution in [1.82, 2.24) is 19.1 Å². The second kappa shape index (κ2) is 10.3. The number of hydrogen-bond acceptors (Lipinski definition) is 7. The first-order valence-electron chi connectivity index (χ1n) is 11.6. The number of nitrogens with zero attached hydrogens (tertiary/aromatic N) is 5. The Balaban J connectivity index is 1.56. The number of aromatic nitrogens is 4. The molecule has 1 aliphatic carbocycles. The third-order valence-corrected chi connectivity index (χ3v) is 6.24. The summed E-state index contributed by atoms with van der Waals surface area (Å²) in [6.45, 7) is 4.84. The van der Waals surface area contributed by atoms with E-state index >= 15 is 0 Å². The first-order valence-corrected chi connectivity index (χ1v) is 11.6. The van der Waals surface area contributed by atoms with Crippen LogP contribution in [0.4, 0.5) is 11.6 Å². The third kappa shape index (κ3) is 5.34. The lowest BCUT2D eigenvalue weighted by Gasteiger charge is -2.27. The van der Waals surface area contributed by atoms with Crippen LogP contribution < -0.4 is 21.4 Å². The van der Waals surface area contributed by atoms with Crippen molar-refractivity contribution in [3.05, 3.63) is 69.1 Å². The van der Waals surface area contributed by atoms with Gasteiger partial charge in [0.2, 0.25) is 11.8 Å². The van der Waals surface area contributed by atoms with Gasteiger partial charge in [-0.2, -0.15) is 10.2 Å². The quantitative estimate of drug-likeness (QED) is 0.565. The number of nitriles is 1. The Morgan fingerprint density at radius 2 is 1.85 bits per heavy atom. The van der Waals surface area contributed by atoms with Gasteiger partial charge in [-0.1, -0.05) is 19.8 Å². The van der Waals surface area contributed by atoms with Crippen LogP contribution in [-0.4, -0.2) is 19.1 Å². The van der Waals surface area contributed by atoms with Crippen molar-refractivity contribution in [2.75, 3.05) is 5.32 Å². The molecule has 0 bridgehead atoms. The van der Waals surface area contributed by atoms with Gasteiger partial charge in [0.05, 0.1) is 11.6 Å². The van der Waals surface area contributed by atoms with E-state index in [1.54, 1.807) is 47.9 Å². The third-order valence-electron chi connectivity index (χ3n) is 6.24. The molecule has 9 nitrogen and oxygen atoms in total. The van der Waals surface area contributed by atoms with Crippen LogP contribution in [0.1, 0.15) is 45.1 Å². The molecule has 0 amide bonds. The van der Waals surface area contributed by atoms with E-state index in [1.165, 1.54) is 6.20 Å². The van der Waals surface area contributed by atoms with Crippen molar-refractivity contribution >= 4 is 11.6 Å². The maximum Gasteiger partial charge on any atom is 0.354 e. The Hall–Kier alpha value is -3.93. The molecule has 0 aliphatic heterocycles. The highest BCUT2D eigenvalue weighted by Gasteiger charge is 2.22. The molecule has 1 aromatic carbocycles. The molecule has 2 heterocycles. The number of anilines is 2. The minimum Gasteiger partial charge on any atom is -0.439 e. The summed E-state index contributed by atoms with van der Waals surface area (Å²) < 4.78 is 8.47. The van der Waals surface area contributed by atoms with Crippen molar-refractivity contribution in [3.63, 3.8) is 0 Å². The van der Waals surface area contributed by atoms with Gasteiger partial charge in [0, 0.05) is 31.0 Å². The van der Waals surface area contributed by atoms with Gasteiger partial charge >= 0.3 is 11.4 Å². The molecule has 0 saturated heterocycles. The first kappa shape index (κ1) is 23.2. The van der Waals surface area contributed by atoms with Crippen LogP contribution >= 0.6 is 0 Å². The highest BCUT2D eigenvalue weighted by molar-refractivity contribution is 5.55. The minimum absolute atomic E-state index is 0.246. The summed E-state index contributed by atoms with van der Waals surface area (Å²) in [5, 5.41) is 12.2. The van der Waals surface area contributed by atoms with Gasteiger partial charge in [-0.15, -0.1) is 0 Å². The summed E-state index contributed by atoms with van der Waals surface area (Å²) >= 11 is 0. The fourth-order valence-electron chi connectivity index (χ4n) is 4.22. The average molecular weight is 461 g/mol. The molecule has 34 heavy (non-hydrogen) atoms. The topological polar surface area (TPSA) is 115 Å². The SMILES string of the molecule is CCn1c(=O)nc(Nc2ccc(Oc3cc(C#N)ccn3)cc2)n(CC2CCC(C)CC2)c1=O. The monoisotopic (exact) mass is 460 g/mol. The molecule has 1 N–H and O–H groups in total. The van der Waals surface area contributed by atoms with Gasteiger partial charge in [0.25, 0.3) is 0 Å². The maximum absolute atomic E-state index is 13.1. The van der Waals surface area contributed by atoms with Gasteiger partial charge in [0.15, 0.2) is 0 Å². The normalized spacial score (nSPS) is 17.7.